The highest BCUT2D eigenvalue weighted by Crippen LogP contribution is 2.16. The van der Waals surface area contributed by atoms with Gasteiger partial charge >= 0.3 is 0 Å². The first kappa shape index (κ1) is 17.7. The molecule has 2 aromatic heterocycles. The molecule has 0 fully saturated rings. The molecule has 1 unspecified atom stereocenters. The third kappa shape index (κ3) is 4.27. The van der Waals surface area contributed by atoms with Crippen LogP contribution < -0.4 is 15.4 Å². The van der Waals surface area contributed by atoms with Crippen LogP contribution in [0.25, 0.3) is 5.65 Å². The van der Waals surface area contributed by atoms with Crippen molar-refractivity contribution in [1.29, 1.82) is 0 Å². The fourth-order valence-electron chi connectivity index (χ4n) is 2.43. The molecule has 136 valence electrons. The lowest BCUT2D eigenvalue weighted by atomic mass is 10.3. The monoisotopic (exact) mass is 356 g/mol. The molecular weight excluding hydrogens is 335 g/mol. The minimum Gasteiger partial charge on any atom is -0.486 e. The first-order valence-electron chi connectivity index (χ1n) is 8.31. The zero-order valence-corrected chi connectivity index (χ0v) is 14.7. The highest BCUT2D eigenvalue weighted by atomic mass is 19.1. The molecule has 0 bridgehead atoms. The molecule has 0 spiro atoms. The molecule has 26 heavy (non-hydrogen) atoms. The second kappa shape index (κ2) is 8.28. The summed E-state index contributed by atoms with van der Waals surface area (Å²) in [5, 5.41) is 14.6. The number of para-hydroxylation sites is 1. The molecule has 8 heteroatoms. The number of pyridine rings is 1. The number of hydrogen-bond donors (Lipinski definition) is 2. The number of nitrogens with zero attached hydrogens (tertiary/aromatic N) is 4. The van der Waals surface area contributed by atoms with Gasteiger partial charge < -0.3 is 15.4 Å². The van der Waals surface area contributed by atoms with Crippen molar-refractivity contribution in [2.75, 3.05) is 13.6 Å². The summed E-state index contributed by atoms with van der Waals surface area (Å²) in [4.78, 5) is 4.17. The predicted molar refractivity (Wildman–Crippen MR) is 97.7 cm³/mol. The van der Waals surface area contributed by atoms with Gasteiger partial charge in [-0.15, -0.1) is 10.2 Å². The maximum absolute atomic E-state index is 13.6. The van der Waals surface area contributed by atoms with Crippen LogP contribution in [0.2, 0.25) is 0 Å². The summed E-state index contributed by atoms with van der Waals surface area (Å²) >= 11 is 0. The standard InChI is InChI=1S/C18H21FN6O/c1-13(26-15-8-4-3-7-14(15)19)11-21-18(20-2)22-12-17-24-23-16-9-5-6-10-25(16)17/h3-10,13H,11-12H2,1-2H3,(H2,20,21,22). The van der Waals surface area contributed by atoms with Crippen LogP contribution in [-0.2, 0) is 6.54 Å². The topological polar surface area (TPSA) is 75.8 Å². The zero-order valence-electron chi connectivity index (χ0n) is 14.7. The molecule has 2 N–H and O–H groups in total. The quantitative estimate of drug-likeness (QED) is 0.522. The third-order valence-electron chi connectivity index (χ3n) is 3.74. The molecule has 3 aromatic rings. The van der Waals surface area contributed by atoms with Gasteiger partial charge in [-0.25, -0.2) is 4.39 Å². The van der Waals surface area contributed by atoms with E-state index in [9.17, 15) is 4.39 Å². The fraction of sp³-hybridized carbons (Fsp3) is 0.278. The molecular formula is C18H21FN6O. The van der Waals surface area contributed by atoms with E-state index in [2.05, 4.69) is 25.8 Å². The number of aromatic nitrogens is 3. The van der Waals surface area contributed by atoms with Crippen molar-refractivity contribution in [3.05, 3.63) is 60.3 Å². The Hall–Kier alpha value is -3.16. The summed E-state index contributed by atoms with van der Waals surface area (Å²) in [7, 11) is 1.68. The molecule has 1 aromatic carbocycles. The van der Waals surface area contributed by atoms with E-state index in [1.807, 2.05) is 35.7 Å². The Morgan fingerprint density at radius 2 is 2.00 bits per heavy atom. The van der Waals surface area contributed by atoms with Crippen molar-refractivity contribution in [2.45, 2.75) is 19.6 Å². The Balaban J connectivity index is 1.51. The fourth-order valence-corrected chi connectivity index (χ4v) is 2.43. The van der Waals surface area contributed by atoms with Crippen LogP contribution in [-0.4, -0.2) is 40.3 Å². The molecule has 0 saturated carbocycles. The Bertz CT molecular complexity index is 894. The summed E-state index contributed by atoms with van der Waals surface area (Å²) < 4.78 is 21.1. The van der Waals surface area contributed by atoms with Gasteiger partial charge in [0.1, 0.15) is 6.10 Å². The first-order chi connectivity index (χ1) is 12.7. The van der Waals surface area contributed by atoms with Crippen LogP contribution in [0.5, 0.6) is 5.75 Å². The number of rotatable bonds is 6. The average molecular weight is 356 g/mol. The molecule has 2 heterocycles. The molecule has 3 rings (SSSR count). The summed E-state index contributed by atoms with van der Waals surface area (Å²) in [6.45, 7) is 2.79. The van der Waals surface area contributed by atoms with Crippen LogP contribution in [0, 0.1) is 5.82 Å². The van der Waals surface area contributed by atoms with Crippen LogP contribution in [0.3, 0.4) is 0 Å². The molecule has 0 saturated heterocycles. The van der Waals surface area contributed by atoms with E-state index in [-0.39, 0.29) is 17.7 Å². The number of ether oxygens (including phenoxy) is 1. The molecule has 0 radical (unpaired) electrons. The van der Waals surface area contributed by atoms with Crippen LogP contribution in [0.15, 0.2) is 53.7 Å². The highest BCUT2D eigenvalue weighted by molar-refractivity contribution is 5.79. The number of guanidine groups is 1. The average Bonchev–Trinajstić information content (AvgIpc) is 3.07. The predicted octanol–water partition coefficient (Wildman–Crippen LogP) is 2.00. The van der Waals surface area contributed by atoms with Gasteiger partial charge in [0.05, 0.1) is 13.1 Å². The molecule has 0 amide bonds. The van der Waals surface area contributed by atoms with Crippen molar-refractivity contribution in [3.63, 3.8) is 0 Å². The Kier molecular flexibility index (Phi) is 5.62. The zero-order chi connectivity index (χ0) is 18.4. The lowest BCUT2D eigenvalue weighted by Crippen LogP contribution is -2.41. The number of benzene rings is 1. The largest absolute Gasteiger partial charge is 0.486 e. The highest BCUT2D eigenvalue weighted by Gasteiger charge is 2.10. The van der Waals surface area contributed by atoms with Gasteiger partial charge in [0.15, 0.2) is 29.0 Å². The number of nitrogens with one attached hydrogen (secondary N) is 2. The molecule has 0 aliphatic rings. The summed E-state index contributed by atoms with van der Waals surface area (Å²) in [6.07, 6.45) is 1.67. The maximum Gasteiger partial charge on any atom is 0.191 e. The molecule has 0 aliphatic carbocycles. The smallest absolute Gasteiger partial charge is 0.191 e. The number of aliphatic imine (C=N–C) groups is 1. The number of hydrogen-bond acceptors (Lipinski definition) is 4. The molecule has 0 aliphatic heterocycles. The minimum absolute atomic E-state index is 0.236. The second-order valence-corrected chi connectivity index (χ2v) is 5.71. The van der Waals surface area contributed by atoms with Gasteiger partial charge in [-0.3, -0.25) is 9.39 Å². The van der Waals surface area contributed by atoms with E-state index in [0.717, 1.165) is 11.5 Å². The van der Waals surface area contributed by atoms with Crippen molar-refractivity contribution in [1.82, 2.24) is 25.2 Å². The van der Waals surface area contributed by atoms with Crippen LogP contribution in [0.4, 0.5) is 4.39 Å². The maximum atomic E-state index is 13.6. The normalized spacial score (nSPS) is 12.8. The molecule has 7 nitrogen and oxygen atoms in total. The number of halogens is 1. The van der Waals surface area contributed by atoms with E-state index in [1.54, 1.807) is 25.2 Å². The van der Waals surface area contributed by atoms with Crippen LogP contribution in [0.1, 0.15) is 12.7 Å². The van der Waals surface area contributed by atoms with Gasteiger partial charge in [-0.05, 0) is 31.2 Å². The van der Waals surface area contributed by atoms with Gasteiger partial charge in [-0.2, -0.15) is 0 Å². The Labute approximate surface area is 150 Å². The van der Waals surface area contributed by atoms with E-state index >= 15 is 0 Å². The van der Waals surface area contributed by atoms with Crippen molar-refractivity contribution in [3.8, 4) is 5.75 Å². The lowest BCUT2D eigenvalue weighted by Gasteiger charge is -2.17. The van der Waals surface area contributed by atoms with Gasteiger partial charge in [-0.1, -0.05) is 18.2 Å². The van der Waals surface area contributed by atoms with Gasteiger partial charge in [0.2, 0.25) is 0 Å². The Morgan fingerprint density at radius 1 is 1.19 bits per heavy atom. The Morgan fingerprint density at radius 3 is 2.81 bits per heavy atom. The minimum atomic E-state index is -0.374. The van der Waals surface area contributed by atoms with E-state index in [1.165, 1.54) is 6.07 Å². The van der Waals surface area contributed by atoms with Crippen molar-refractivity contribution >= 4 is 11.6 Å². The summed E-state index contributed by atoms with van der Waals surface area (Å²) in [5.74, 6) is 1.24. The third-order valence-corrected chi connectivity index (χ3v) is 3.74. The SMILES string of the molecule is CN=C(NCc1nnc2ccccn12)NCC(C)Oc1ccccc1F. The van der Waals surface area contributed by atoms with E-state index in [4.69, 9.17) is 4.74 Å². The van der Waals surface area contributed by atoms with Crippen molar-refractivity contribution < 1.29 is 9.13 Å². The second-order valence-electron chi connectivity index (χ2n) is 5.71. The van der Waals surface area contributed by atoms with Gasteiger partial charge in [0.25, 0.3) is 0 Å². The van der Waals surface area contributed by atoms with Crippen LogP contribution >= 0.6 is 0 Å². The summed E-state index contributed by atoms with van der Waals surface area (Å²) in [5.41, 5.74) is 0.791. The summed E-state index contributed by atoms with van der Waals surface area (Å²) in [6, 6.07) is 12.1. The van der Waals surface area contributed by atoms with Gasteiger partial charge in [0, 0.05) is 13.2 Å². The lowest BCUT2D eigenvalue weighted by molar-refractivity contribution is 0.214. The van der Waals surface area contributed by atoms with E-state index < -0.39 is 0 Å². The molecule has 1 atom stereocenters. The number of fused-ring (bicyclic) bond motifs is 1. The first-order valence-corrected chi connectivity index (χ1v) is 8.31. The van der Waals surface area contributed by atoms with E-state index in [0.29, 0.717) is 19.0 Å². The van der Waals surface area contributed by atoms with Crippen molar-refractivity contribution in [2.24, 2.45) is 4.99 Å².